The van der Waals surface area contributed by atoms with E-state index in [-0.39, 0.29) is 5.56 Å². The summed E-state index contributed by atoms with van der Waals surface area (Å²) in [6.45, 7) is 4.31. The molecule has 100 valence electrons. The predicted octanol–water partition coefficient (Wildman–Crippen LogP) is 2.04. The number of aromatic carboxylic acids is 1. The van der Waals surface area contributed by atoms with Crippen LogP contribution in [0.5, 0.6) is 0 Å². The summed E-state index contributed by atoms with van der Waals surface area (Å²) >= 11 is 0. The fourth-order valence-electron chi connectivity index (χ4n) is 1.51. The Morgan fingerprint density at radius 1 is 1.50 bits per heavy atom. The summed E-state index contributed by atoms with van der Waals surface area (Å²) in [5.41, 5.74) is 0.467. The van der Waals surface area contributed by atoms with E-state index in [2.05, 4.69) is 5.32 Å². The molecule has 0 spiro atoms. The number of hydrogen-bond donors (Lipinski definition) is 2. The second kappa shape index (κ2) is 7.79. The summed E-state index contributed by atoms with van der Waals surface area (Å²) < 4.78 is 18.6. The van der Waals surface area contributed by atoms with Crippen molar-refractivity contribution in [3.63, 3.8) is 0 Å². The molecule has 18 heavy (non-hydrogen) atoms. The normalized spacial score (nSPS) is 10.6. The first-order valence-electron chi connectivity index (χ1n) is 5.95. The molecule has 0 saturated carbocycles. The highest BCUT2D eigenvalue weighted by atomic mass is 19.1. The van der Waals surface area contributed by atoms with Crippen LogP contribution in [-0.2, 0) is 11.3 Å². The van der Waals surface area contributed by atoms with Gasteiger partial charge in [-0.05, 0) is 38.1 Å². The fourth-order valence-corrected chi connectivity index (χ4v) is 1.51. The van der Waals surface area contributed by atoms with Crippen LogP contribution in [0.4, 0.5) is 4.39 Å². The Morgan fingerprint density at radius 2 is 2.28 bits per heavy atom. The van der Waals surface area contributed by atoms with E-state index >= 15 is 0 Å². The van der Waals surface area contributed by atoms with E-state index in [1.165, 1.54) is 18.2 Å². The van der Waals surface area contributed by atoms with Gasteiger partial charge in [0.05, 0.1) is 5.56 Å². The molecule has 0 bridgehead atoms. The molecule has 0 saturated heterocycles. The van der Waals surface area contributed by atoms with Crippen molar-refractivity contribution in [1.82, 2.24) is 5.32 Å². The number of halogens is 1. The topological polar surface area (TPSA) is 58.6 Å². The lowest BCUT2D eigenvalue weighted by atomic mass is 10.1. The van der Waals surface area contributed by atoms with Crippen LogP contribution in [0.25, 0.3) is 0 Å². The maximum Gasteiger partial charge on any atom is 0.335 e. The van der Waals surface area contributed by atoms with Crippen LogP contribution in [0, 0.1) is 5.82 Å². The van der Waals surface area contributed by atoms with Crippen LogP contribution in [-0.4, -0.2) is 30.8 Å². The maximum atomic E-state index is 13.4. The third kappa shape index (κ3) is 4.81. The van der Waals surface area contributed by atoms with Crippen molar-refractivity contribution in [2.24, 2.45) is 0 Å². The SMILES string of the molecule is CCOCCCNCc1cc(C(=O)O)ccc1F. The van der Waals surface area contributed by atoms with Crippen LogP contribution < -0.4 is 5.32 Å². The lowest BCUT2D eigenvalue weighted by molar-refractivity contribution is 0.0696. The van der Waals surface area contributed by atoms with E-state index in [1.807, 2.05) is 6.92 Å². The Morgan fingerprint density at radius 3 is 2.94 bits per heavy atom. The Balaban J connectivity index is 2.41. The third-order valence-electron chi connectivity index (χ3n) is 2.45. The molecule has 4 nitrogen and oxygen atoms in total. The molecule has 0 amide bonds. The zero-order valence-electron chi connectivity index (χ0n) is 10.4. The Bertz CT molecular complexity index is 396. The van der Waals surface area contributed by atoms with Crippen molar-refractivity contribution in [3.8, 4) is 0 Å². The molecular formula is C13H18FNO3. The third-order valence-corrected chi connectivity index (χ3v) is 2.45. The van der Waals surface area contributed by atoms with Gasteiger partial charge in [0.2, 0.25) is 0 Å². The lowest BCUT2D eigenvalue weighted by Gasteiger charge is -2.07. The van der Waals surface area contributed by atoms with E-state index in [0.717, 1.165) is 6.42 Å². The molecule has 0 atom stereocenters. The first-order chi connectivity index (χ1) is 8.65. The quantitative estimate of drug-likeness (QED) is 0.698. The molecule has 1 aromatic rings. The Kier molecular flexibility index (Phi) is 6.32. The lowest BCUT2D eigenvalue weighted by Crippen LogP contribution is -2.17. The average molecular weight is 255 g/mol. The van der Waals surface area contributed by atoms with Crippen LogP contribution in [0.15, 0.2) is 18.2 Å². The van der Waals surface area contributed by atoms with Crippen LogP contribution in [0.1, 0.15) is 29.3 Å². The fraction of sp³-hybridized carbons (Fsp3) is 0.462. The smallest absolute Gasteiger partial charge is 0.335 e. The Hall–Kier alpha value is -1.46. The number of ether oxygens (including phenoxy) is 1. The second-order valence-corrected chi connectivity index (χ2v) is 3.84. The second-order valence-electron chi connectivity index (χ2n) is 3.84. The molecule has 0 fully saturated rings. The minimum absolute atomic E-state index is 0.0996. The number of carbonyl (C=O) groups is 1. The molecule has 1 aromatic carbocycles. The summed E-state index contributed by atoms with van der Waals surface area (Å²) in [4.78, 5) is 10.8. The first kappa shape index (κ1) is 14.6. The van der Waals surface area contributed by atoms with Crippen LogP contribution in [0.2, 0.25) is 0 Å². The van der Waals surface area contributed by atoms with E-state index < -0.39 is 11.8 Å². The van der Waals surface area contributed by atoms with Crippen molar-refractivity contribution in [3.05, 3.63) is 35.1 Å². The van der Waals surface area contributed by atoms with Gasteiger partial charge in [-0.1, -0.05) is 0 Å². The minimum Gasteiger partial charge on any atom is -0.478 e. The van der Waals surface area contributed by atoms with Gasteiger partial charge in [0.25, 0.3) is 0 Å². The standard InChI is InChI=1S/C13H18FNO3/c1-2-18-7-3-6-15-9-11-8-10(13(16)17)4-5-12(11)14/h4-5,8,15H,2-3,6-7,9H2,1H3,(H,16,17). The number of rotatable bonds is 8. The van der Waals surface area contributed by atoms with Gasteiger partial charge >= 0.3 is 5.97 Å². The van der Waals surface area contributed by atoms with E-state index in [1.54, 1.807) is 0 Å². The van der Waals surface area contributed by atoms with Crippen molar-refractivity contribution in [1.29, 1.82) is 0 Å². The molecule has 0 heterocycles. The highest BCUT2D eigenvalue weighted by molar-refractivity contribution is 5.87. The van der Waals surface area contributed by atoms with E-state index in [4.69, 9.17) is 9.84 Å². The van der Waals surface area contributed by atoms with Gasteiger partial charge in [-0.25, -0.2) is 9.18 Å². The van der Waals surface area contributed by atoms with Gasteiger partial charge in [0.15, 0.2) is 0 Å². The van der Waals surface area contributed by atoms with Crippen LogP contribution in [0.3, 0.4) is 0 Å². The molecule has 2 N–H and O–H groups in total. The molecular weight excluding hydrogens is 237 g/mol. The van der Waals surface area contributed by atoms with Gasteiger partial charge in [-0.2, -0.15) is 0 Å². The average Bonchev–Trinajstić information content (AvgIpc) is 2.35. The molecule has 0 radical (unpaired) electrons. The first-order valence-corrected chi connectivity index (χ1v) is 5.95. The maximum absolute atomic E-state index is 13.4. The molecule has 5 heteroatoms. The van der Waals surface area contributed by atoms with Gasteiger partial charge in [0.1, 0.15) is 5.82 Å². The van der Waals surface area contributed by atoms with Crippen molar-refractivity contribution < 1.29 is 19.0 Å². The summed E-state index contributed by atoms with van der Waals surface area (Å²) in [7, 11) is 0. The molecule has 0 aromatic heterocycles. The summed E-state index contributed by atoms with van der Waals surface area (Å²) in [6.07, 6.45) is 0.841. The van der Waals surface area contributed by atoms with Gasteiger partial charge in [-0.3, -0.25) is 0 Å². The monoisotopic (exact) mass is 255 g/mol. The summed E-state index contributed by atoms with van der Waals surface area (Å²) in [5, 5.41) is 11.9. The van der Waals surface area contributed by atoms with Crippen molar-refractivity contribution in [2.75, 3.05) is 19.8 Å². The predicted molar refractivity (Wildman–Crippen MR) is 66.2 cm³/mol. The van der Waals surface area contributed by atoms with Gasteiger partial charge in [-0.15, -0.1) is 0 Å². The zero-order chi connectivity index (χ0) is 13.4. The molecule has 1 rings (SSSR count). The van der Waals surface area contributed by atoms with E-state index in [0.29, 0.717) is 31.9 Å². The summed E-state index contributed by atoms with van der Waals surface area (Å²) in [5.74, 6) is -1.44. The molecule has 0 unspecified atom stereocenters. The molecule has 0 aliphatic heterocycles. The number of hydrogen-bond acceptors (Lipinski definition) is 3. The largest absolute Gasteiger partial charge is 0.478 e. The van der Waals surface area contributed by atoms with Gasteiger partial charge in [0, 0.05) is 25.3 Å². The number of nitrogens with one attached hydrogen (secondary N) is 1. The molecule has 0 aliphatic rings. The Labute approximate surface area is 106 Å². The number of carboxylic acids is 1. The van der Waals surface area contributed by atoms with E-state index in [9.17, 15) is 9.18 Å². The summed E-state index contributed by atoms with van der Waals surface area (Å²) in [6, 6.07) is 3.80. The van der Waals surface area contributed by atoms with Crippen LogP contribution >= 0.6 is 0 Å². The minimum atomic E-state index is -1.05. The number of benzene rings is 1. The highest BCUT2D eigenvalue weighted by Crippen LogP contribution is 2.10. The molecule has 0 aliphatic carbocycles. The van der Waals surface area contributed by atoms with Gasteiger partial charge < -0.3 is 15.2 Å². The van der Waals surface area contributed by atoms with Crippen molar-refractivity contribution >= 4 is 5.97 Å². The van der Waals surface area contributed by atoms with Crippen molar-refractivity contribution in [2.45, 2.75) is 19.9 Å². The zero-order valence-corrected chi connectivity index (χ0v) is 10.4. The number of carboxylic acid groups (broad SMARTS) is 1. The highest BCUT2D eigenvalue weighted by Gasteiger charge is 2.07.